The van der Waals surface area contributed by atoms with Crippen molar-refractivity contribution in [2.24, 2.45) is 5.92 Å². The molecular formula is C22H36ClN3O2. The molecule has 2 heterocycles. The second-order valence-corrected chi connectivity index (χ2v) is 8.63. The number of ether oxygens (including phenoxy) is 2. The van der Waals surface area contributed by atoms with E-state index in [2.05, 4.69) is 53.6 Å². The van der Waals surface area contributed by atoms with Gasteiger partial charge in [0.05, 0.1) is 25.4 Å². The molecule has 0 amide bonds. The van der Waals surface area contributed by atoms with E-state index in [0.29, 0.717) is 30.2 Å². The van der Waals surface area contributed by atoms with Crippen LogP contribution < -0.4 is 10.6 Å². The normalized spacial score (nSPS) is 34.0. The monoisotopic (exact) mass is 409 g/mol. The van der Waals surface area contributed by atoms with Crippen molar-refractivity contribution >= 4 is 18.1 Å². The number of benzene rings is 1. The van der Waals surface area contributed by atoms with Gasteiger partial charge in [0.25, 0.3) is 0 Å². The lowest BCUT2D eigenvalue weighted by Crippen LogP contribution is -2.49. The third-order valence-corrected chi connectivity index (χ3v) is 6.22. The van der Waals surface area contributed by atoms with E-state index in [1.807, 2.05) is 0 Å². The standard InChI is InChI=1S/C22H35N3O2.ClH/c1-16-12-25(13-17(2)27-16)14-18-5-3-6-19(11-18)24-21-8-4-7-20(21)22-15-26-10-9-23-22;/h3,5-6,11,16-17,20-24H,4,7-10,12-15H2,1-2H3;1H. The Balaban J connectivity index is 0.00000225. The molecule has 0 spiro atoms. The van der Waals surface area contributed by atoms with Crippen molar-refractivity contribution in [3.05, 3.63) is 29.8 Å². The highest BCUT2D eigenvalue weighted by Crippen LogP contribution is 2.32. The lowest BCUT2D eigenvalue weighted by atomic mass is 9.93. The minimum Gasteiger partial charge on any atom is -0.382 e. The molecule has 2 saturated heterocycles. The van der Waals surface area contributed by atoms with Crippen LogP contribution in [0.15, 0.2) is 24.3 Å². The molecule has 0 aromatic heterocycles. The van der Waals surface area contributed by atoms with E-state index < -0.39 is 0 Å². The highest BCUT2D eigenvalue weighted by atomic mass is 35.5. The second-order valence-electron chi connectivity index (χ2n) is 8.63. The topological polar surface area (TPSA) is 45.8 Å². The van der Waals surface area contributed by atoms with Gasteiger partial charge in [0.2, 0.25) is 0 Å². The number of anilines is 1. The van der Waals surface area contributed by atoms with Gasteiger partial charge in [-0.2, -0.15) is 0 Å². The number of hydrogen-bond donors (Lipinski definition) is 2. The van der Waals surface area contributed by atoms with Gasteiger partial charge in [-0.15, -0.1) is 12.4 Å². The van der Waals surface area contributed by atoms with Crippen LogP contribution in [0.25, 0.3) is 0 Å². The Labute approximate surface area is 175 Å². The third-order valence-electron chi connectivity index (χ3n) is 6.22. The predicted octanol–water partition coefficient (Wildman–Crippen LogP) is 3.29. The predicted molar refractivity (Wildman–Crippen MR) is 116 cm³/mol. The zero-order valence-electron chi connectivity index (χ0n) is 17.2. The lowest BCUT2D eigenvalue weighted by molar-refractivity contribution is -0.0704. The summed E-state index contributed by atoms with van der Waals surface area (Å²) in [5.41, 5.74) is 2.64. The van der Waals surface area contributed by atoms with Crippen molar-refractivity contribution in [3.63, 3.8) is 0 Å². The summed E-state index contributed by atoms with van der Waals surface area (Å²) in [7, 11) is 0. The van der Waals surface area contributed by atoms with Gasteiger partial charge in [0, 0.05) is 44.0 Å². The van der Waals surface area contributed by atoms with Gasteiger partial charge in [0.15, 0.2) is 0 Å². The Morgan fingerprint density at radius 3 is 2.75 bits per heavy atom. The molecule has 28 heavy (non-hydrogen) atoms. The van der Waals surface area contributed by atoms with Crippen LogP contribution in [-0.2, 0) is 16.0 Å². The number of nitrogens with one attached hydrogen (secondary N) is 2. The summed E-state index contributed by atoms with van der Waals surface area (Å²) in [5, 5.41) is 7.51. The molecule has 0 radical (unpaired) electrons. The van der Waals surface area contributed by atoms with E-state index in [-0.39, 0.29) is 12.4 Å². The molecule has 1 aromatic carbocycles. The van der Waals surface area contributed by atoms with Crippen molar-refractivity contribution in [2.45, 2.75) is 63.9 Å². The first-order valence-electron chi connectivity index (χ1n) is 10.7. The number of halogens is 1. The molecule has 2 N–H and O–H groups in total. The van der Waals surface area contributed by atoms with Gasteiger partial charge >= 0.3 is 0 Å². The van der Waals surface area contributed by atoms with Crippen molar-refractivity contribution in [2.75, 3.05) is 38.2 Å². The van der Waals surface area contributed by atoms with Gasteiger partial charge in [0.1, 0.15) is 0 Å². The zero-order valence-corrected chi connectivity index (χ0v) is 18.0. The van der Waals surface area contributed by atoms with Gasteiger partial charge in [-0.1, -0.05) is 18.6 Å². The van der Waals surface area contributed by atoms with E-state index >= 15 is 0 Å². The van der Waals surface area contributed by atoms with Gasteiger partial charge in [-0.05, 0) is 50.3 Å². The number of nitrogens with zero attached hydrogens (tertiary/aromatic N) is 1. The van der Waals surface area contributed by atoms with Crippen LogP contribution in [0.3, 0.4) is 0 Å². The molecule has 1 saturated carbocycles. The van der Waals surface area contributed by atoms with E-state index in [4.69, 9.17) is 9.47 Å². The van der Waals surface area contributed by atoms with Crippen molar-refractivity contribution in [1.29, 1.82) is 0 Å². The summed E-state index contributed by atoms with van der Waals surface area (Å²) < 4.78 is 11.6. The first-order valence-corrected chi connectivity index (χ1v) is 10.7. The van der Waals surface area contributed by atoms with Crippen LogP contribution in [0.2, 0.25) is 0 Å². The van der Waals surface area contributed by atoms with Crippen LogP contribution in [0, 0.1) is 5.92 Å². The summed E-state index contributed by atoms with van der Waals surface area (Å²) in [5.74, 6) is 0.662. The van der Waals surface area contributed by atoms with E-state index in [1.54, 1.807) is 0 Å². The first kappa shape index (κ1) is 21.8. The van der Waals surface area contributed by atoms with Crippen LogP contribution in [0.5, 0.6) is 0 Å². The summed E-state index contributed by atoms with van der Waals surface area (Å²) >= 11 is 0. The molecule has 158 valence electrons. The molecule has 6 heteroatoms. The van der Waals surface area contributed by atoms with E-state index in [9.17, 15) is 0 Å². The van der Waals surface area contributed by atoms with Crippen LogP contribution in [0.4, 0.5) is 5.69 Å². The van der Waals surface area contributed by atoms with E-state index in [0.717, 1.165) is 39.4 Å². The van der Waals surface area contributed by atoms with Crippen molar-refractivity contribution in [3.8, 4) is 0 Å². The first-order chi connectivity index (χ1) is 13.2. The summed E-state index contributed by atoms with van der Waals surface area (Å²) in [6, 6.07) is 10.0. The molecular weight excluding hydrogens is 374 g/mol. The molecule has 5 unspecified atom stereocenters. The fraction of sp³-hybridized carbons (Fsp3) is 0.727. The molecule has 1 aliphatic carbocycles. The number of morpholine rings is 2. The van der Waals surface area contributed by atoms with Gasteiger partial charge in [-0.3, -0.25) is 4.90 Å². The van der Waals surface area contributed by atoms with Crippen molar-refractivity contribution in [1.82, 2.24) is 10.2 Å². The zero-order chi connectivity index (χ0) is 18.6. The van der Waals surface area contributed by atoms with Gasteiger partial charge < -0.3 is 20.1 Å². The summed E-state index contributed by atoms with van der Waals surface area (Å²) in [6.45, 7) is 10.1. The van der Waals surface area contributed by atoms with Crippen LogP contribution in [-0.4, -0.2) is 62.0 Å². The smallest absolute Gasteiger partial charge is 0.0678 e. The Morgan fingerprint density at radius 1 is 1.18 bits per heavy atom. The third kappa shape index (κ3) is 5.61. The molecule has 5 atom stereocenters. The largest absolute Gasteiger partial charge is 0.382 e. The molecule has 2 aliphatic heterocycles. The average molecular weight is 410 g/mol. The van der Waals surface area contributed by atoms with Crippen LogP contribution >= 0.6 is 12.4 Å². The fourth-order valence-electron chi connectivity index (χ4n) is 5.16. The van der Waals surface area contributed by atoms with Crippen molar-refractivity contribution < 1.29 is 9.47 Å². The minimum atomic E-state index is 0. The molecule has 0 bridgehead atoms. The number of hydrogen-bond acceptors (Lipinski definition) is 5. The van der Waals surface area contributed by atoms with E-state index in [1.165, 1.54) is 30.5 Å². The Kier molecular flexibility index (Phi) is 8.01. The Morgan fingerprint density at radius 2 is 2.00 bits per heavy atom. The maximum atomic E-state index is 5.87. The maximum absolute atomic E-state index is 5.87. The minimum absolute atomic E-state index is 0. The highest BCUT2D eigenvalue weighted by Gasteiger charge is 2.34. The van der Waals surface area contributed by atoms with Gasteiger partial charge in [-0.25, -0.2) is 0 Å². The Bertz CT molecular complexity index is 601. The molecule has 3 aliphatic rings. The summed E-state index contributed by atoms with van der Waals surface area (Å²) in [4.78, 5) is 2.51. The lowest BCUT2D eigenvalue weighted by Gasteiger charge is -2.35. The quantitative estimate of drug-likeness (QED) is 0.781. The molecule has 3 fully saturated rings. The SMILES string of the molecule is CC1CN(Cc2cccc(NC3CCCC3C3COCCN3)c2)CC(C)O1.Cl. The fourth-order valence-corrected chi connectivity index (χ4v) is 5.16. The maximum Gasteiger partial charge on any atom is 0.0678 e. The van der Waals surface area contributed by atoms with Crippen LogP contribution in [0.1, 0.15) is 38.7 Å². The average Bonchev–Trinajstić information content (AvgIpc) is 3.10. The Hall–Kier alpha value is -0.850. The number of rotatable bonds is 5. The molecule has 1 aromatic rings. The molecule has 4 rings (SSSR count). The second kappa shape index (κ2) is 10.3. The summed E-state index contributed by atoms with van der Waals surface area (Å²) in [6.07, 6.45) is 4.50. The molecule has 5 nitrogen and oxygen atoms in total. The highest BCUT2D eigenvalue weighted by molar-refractivity contribution is 5.85.